The van der Waals surface area contributed by atoms with Crippen LogP contribution in [0.25, 0.3) is 10.6 Å². The van der Waals surface area contributed by atoms with Gasteiger partial charge in [-0.2, -0.15) is 5.26 Å². The van der Waals surface area contributed by atoms with Crippen LogP contribution in [0.5, 0.6) is 0 Å². The average molecular weight is 284 g/mol. The van der Waals surface area contributed by atoms with E-state index >= 15 is 0 Å². The molecule has 0 unspecified atom stereocenters. The second-order valence-corrected chi connectivity index (χ2v) is 4.45. The van der Waals surface area contributed by atoms with Gasteiger partial charge in [0.1, 0.15) is 0 Å². The Bertz CT molecular complexity index is 562. The molecule has 0 aliphatic rings. The summed E-state index contributed by atoms with van der Waals surface area (Å²) in [6.45, 7) is 0. The number of halogens is 1. The first-order valence-electron chi connectivity index (χ1n) is 5.22. The first-order chi connectivity index (χ1) is 8.29. The molecule has 82 valence electrons. The van der Waals surface area contributed by atoms with Crippen LogP contribution < -0.4 is 0 Å². The predicted molar refractivity (Wildman–Crippen MR) is 74.4 cm³/mol. The molecule has 0 atom stereocenters. The third-order valence-electron chi connectivity index (χ3n) is 2.38. The average Bonchev–Trinajstić information content (AvgIpc) is 2.40. The molecule has 0 aliphatic carbocycles. The molecule has 2 rings (SSSR count). The first-order valence-corrected chi connectivity index (χ1v) is 6.01. The van der Waals surface area contributed by atoms with E-state index in [2.05, 4.69) is 22.0 Å². The minimum atomic E-state index is 0.679. The SMILES string of the molecule is N#Cc1ccc(/C=C(\Br)c2ccccc2)cc1. The summed E-state index contributed by atoms with van der Waals surface area (Å²) >= 11 is 3.55. The van der Waals surface area contributed by atoms with Crippen LogP contribution in [0, 0.1) is 11.3 Å². The summed E-state index contributed by atoms with van der Waals surface area (Å²) in [5.41, 5.74) is 2.88. The van der Waals surface area contributed by atoms with Crippen LogP contribution in [0.15, 0.2) is 54.6 Å². The van der Waals surface area contributed by atoms with Gasteiger partial charge in [-0.25, -0.2) is 0 Å². The highest BCUT2D eigenvalue weighted by molar-refractivity contribution is 9.15. The molecular formula is C15H10BrN. The molecule has 17 heavy (non-hydrogen) atoms. The molecule has 0 bridgehead atoms. The van der Waals surface area contributed by atoms with E-state index in [9.17, 15) is 0 Å². The lowest BCUT2D eigenvalue weighted by atomic mass is 10.1. The van der Waals surface area contributed by atoms with Crippen LogP contribution in [0.2, 0.25) is 0 Å². The summed E-state index contributed by atoms with van der Waals surface area (Å²) in [7, 11) is 0. The Balaban J connectivity index is 2.27. The second-order valence-electron chi connectivity index (χ2n) is 3.59. The van der Waals surface area contributed by atoms with Crippen LogP contribution >= 0.6 is 15.9 Å². The monoisotopic (exact) mass is 283 g/mol. The van der Waals surface area contributed by atoms with Crippen molar-refractivity contribution in [2.45, 2.75) is 0 Å². The summed E-state index contributed by atoms with van der Waals surface area (Å²) in [6.07, 6.45) is 2.04. The summed E-state index contributed by atoms with van der Waals surface area (Å²) in [4.78, 5) is 0. The van der Waals surface area contributed by atoms with Crippen LogP contribution in [0.1, 0.15) is 16.7 Å². The van der Waals surface area contributed by atoms with Crippen molar-refractivity contribution < 1.29 is 0 Å². The molecule has 0 radical (unpaired) electrons. The van der Waals surface area contributed by atoms with Gasteiger partial charge in [0.25, 0.3) is 0 Å². The molecule has 0 saturated carbocycles. The van der Waals surface area contributed by atoms with Crippen LogP contribution in [0.4, 0.5) is 0 Å². The lowest BCUT2D eigenvalue weighted by Gasteiger charge is -1.99. The Morgan fingerprint density at radius 1 is 1.00 bits per heavy atom. The number of nitrogens with zero attached hydrogens (tertiary/aromatic N) is 1. The van der Waals surface area contributed by atoms with Crippen molar-refractivity contribution in [1.82, 2.24) is 0 Å². The fourth-order valence-electron chi connectivity index (χ4n) is 1.48. The van der Waals surface area contributed by atoms with E-state index in [1.54, 1.807) is 0 Å². The molecular weight excluding hydrogens is 274 g/mol. The summed E-state index contributed by atoms with van der Waals surface area (Å²) < 4.78 is 1.03. The minimum absolute atomic E-state index is 0.679. The topological polar surface area (TPSA) is 23.8 Å². The second kappa shape index (κ2) is 5.47. The van der Waals surface area contributed by atoms with Gasteiger partial charge in [-0.15, -0.1) is 0 Å². The zero-order valence-electron chi connectivity index (χ0n) is 9.10. The van der Waals surface area contributed by atoms with E-state index in [0.717, 1.165) is 15.6 Å². The van der Waals surface area contributed by atoms with E-state index in [-0.39, 0.29) is 0 Å². The van der Waals surface area contributed by atoms with Crippen molar-refractivity contribution in [3.63, 3.8) is 0 Å². The largest absolute Gasteiger partial charge is 0.192 e. The zero-order chi connectivity index (χ0) is 12.1. The summed E-state index contributed by atoms with van der Waals surface area (Å²) in [5, 5.41) is 8.71. The first kappa shape index (κ1) is 11.6. The van der Waals surface area contributed by atoms with Gasteiger partial charge >= 0.3 is 0 Å². The van der Waals surface area contributed by atoms with Gasteiger partial charge in [-0.3, -0.25) is 0 Å². The zero-order valence-corrected chi connectivity index (χ0v) is 10.7. The molecule has 0 fully saturated rings. The van der Waals surface area contributed by atoms with Crippen molar-refractivity contribution in [2.75, 3.05) is 0 Å². The predicted octanol–water partition coefficient (Wildman–Crippen LogP) is 4.45. The summed E-state index contributed by atoms with van der Waals surface area (Å²) in [5.74, 6) is 0. The van der Waals surface area contributed by atoms with Gasteiger partial charge in [0, 0.05) is 4.48 Å². The Kier molecular flexibility index (Phi) is 3.74. The van der Waals surface area contributed by atoms with Gasteiger partial charge in [0.05, 0.1) is 11.6 Å². The Labute approximate surface area is 109 Å². The van der Waals surface area contributed by atoms with Crippen molar-refractivity contribution in [3.05, 3.63) is 71.3 Å². The molecule has 0 spiro atoms. The number of rotatable bonds is 2. The molecule has 0 N–H and O–H groups in total. The third-order valence-corrected chi connectivity index (χ3v) is 3.07. The van der Waals surface area contributed by atoms with E-state index < -0.39 is 0 Å². The molecule has 2 aromatic rings. The highest BCUT2D eigenvalue weighted by Crippen LogP contribution is 2.23. The molecule has 0 saturated heterocycles. The minimum Gasteiger partial charge on any atom is -0.192 e. The van der Waals surface area contributed by atoms with E-state index in [1.807, 2.05) is 60.7 Å². The number of benzene rings is 2. The maximum atomic E-state index is 8.71. The fourth-order valence-corrected chi connectivity index (χ4v) is 2.01. The fraction of sp³-hybridized carbons (Fsp3) is 0. The Morgan fingerprint density at radius 2 is 1.65 bits per heavy atom. The molecule has 0 aromatic heterocycles. The molecule has 0 amide bonds. The van der Waals surface area contributed by atoms with Gasteiger partial charge in [0.2, 0.25) is 0 Å². The third kappa shape index (κ3) is 3.05. The lowest BCUT2D eigenvalue weighted by molar-refractivity contribution is 1.48. The molecule has 2 heteroatoms. The van der Waals surface area contributed by atoms with Gasteiger partial charge in [0.15, 0.2) is 0 Å². The standard InChI is InChI=1S/C15H10BrN/c16-15(14-4-2-1-3-5-14)10-12-6-8-13(11-17)9-7-12/h1-10H/b15-10-. The molecule has 1 nitrogen and oxygen atoms in total. The Morgan fingerprint density at radius 3 is 2.24 bits per heavy atom. The highest BCUT2D eigenvalue weighted by Gasteiger charge is 1.97. The van der Waals surface area contributed by atoms with Gasteiger partial charge in [-0.05, 0) is 29.3 Å². The van der Waals surface area contributed by atoms with Gasteiger partial charge in [-0.1, -0.05) is 58.4 Å². The lowest BCUT2D eigenvalue weighted by Crippen LogP contribution is -1.78. The maximum absolute atomic E-state index is 8.71. The van der Waals surface area contributed by atoms with Crippen molar-refractivity contribution in [1.29, 1.82) is 5.26 Å². The van der Waals surface area contributed by atoms with E-state index in [4.69, 9.17) is 5.26 Å². The van der Waals surface area contributed by atoms with Crippen molar-refractivity contribution in [3.8, 4) is 6.07 Å². The number of hydrogen-bond acceptors (Lipinski definition) is 1. The normalized spacial score (nSPS) is 10.9. The summed E-state index contributed by atoms with van der Waals surface area (Å²) in [6, 6.07) is 19.7. The quantitative estimate of drug-likeness (QED) is 0.747. The smallest absolute Gasteiger partial charge is 0.0991 e. The van der Waals surface area contributed by atoms with Crippen LogP contribution in [-0.4, -0.2) is 0 Å². The van der Waals surface area contributed by atoms with Crippen molar-refractivity contribution >= 4 is 26.5 Å². The molecule has 2 aromatic carbocycles. The maximum Gasteiger partial charge on any atom is 0.0991 e. The van der Waals surface area contributed by atoms with Crippen LogP contribution in [-0.2, 0) is 0 Å². The van der Waals surface area contributed by atoms with Crippen molar-refractivity contribution in [2.24, 2.45) is 0 Å². The number of hydrogen-bond donors (Lipinski definition) is 0. The van der Waals surface area contributed by atoms with E-state index in [0.29, 0.717) is 5.56 Å². The molecule has 0 aliphatic heterocycles. The highest BCUT2D eigenvalue weighted by atomic mass is 79.9. The Hall–Kier alpha value is -1.85. The number of nitriles is 1. The van der Waals surface area contributed by atoms with Crippen LogP contribution in [0.3, 0.4) is 0 Å². The van der Waals surface area contributed by atoms with E-state index in [1.165, 1.54) is 0 Å². The van der Waals surface area contributed by atoms with Gasteiger partial charge < -0.3 is 0 Å². The molecule has 0 heterocycles.